The Morgan fingerprint density at radius 1 is 1.19 bits per heavy atom. The zero-order chi connectivity index (χ0) is 11.8. The maximum absolute atomic E-state index is 11.4. The van der Waals surface area contributed by atoms with E-state index in [0.717, 1.165) is 5.69 Å². The molecule has 4 heteroatoms. The van der Waals surface area contributed by atoms with E-state index in [0.29, 0.717) is 25.7 Å². The molecule has 0 unspecified atom stereocenters. The maximum Gasteiger partial charge on any atom is 0.224 e. The minimum atomic E-state index is -1.27. The second-order valence-electron chi connectivity index (χ2n) is 3.64. The number of hydrogen-bond acceptors (Lipinski definition) is 3. The van der Waals surface area contributed by atoms with Crippen molar-refractivity contribution in [2.24, 2.45) is 0 Å². The summed E-state index contributed by atoms with van der Waals surface area (Å²) in [5, 5.41) is 20.0. The first-order valence-electron chi connectivity index (χ1n) is 5.39. The molecular weight excluding hydrogens is 206 g/mol. The zero-order valence-corrected chi connectivity index (χ0v) is 9.10. The van der Waals surface area contributed by atoms with Gasteiger partial charge in [0.15, 0.2) is 6.29 Å². The second-order valence-corrected chi connectivity index (χ2v) is 3.64. The van der Waals surface area contributed by atoms with Crippen molar-refractivity contribution in [3.05, 3.63) is 30.3 Å². The third-order valence-electron chi connectivity index (χ3n) is 2.17. The fraction of sp³-hybridized carbons (Fsp3) is 0.417. The van der Waals surface area contributed by atoms with E-state index in [1.807, 2.05) is 30.3 Å². The summed E-state index contributed by atoms with van der Waals surface area (Å²) in [6.45, 7) is 0. The molecule has 0 aliphatic rings. The summed E-state index contributed by atoms with van der Waals surface area (Å²) in [5.41, 5.74) is 0.787. The molecule has 1 aromatic carbocycles. The Balaban J connectivity index is 2.17. The molecule has 3 N–H and O–H groups in total. The van der Waals surface area contributed by atoms with Crippen LogP contribution >= 0.6 is 0 Å². The number of carbonyl (C=O) groups excluding carboxylic acids is 1. The number of benzene rings is 1. The molecule has 1 rings (SSSR count). The summed E-state index contributed by atoms with van der Waals surface area (Å²) in [6, 6.07) is 9.26. The number of unbranched alkanes of at least 4 members (excludes halogenated alkanes) is 1. The molecule has 0 aliphatic heterocycles. The topological polar surface area (TPSA) is 69.6 Å². The molecule has 0 aliphatic carbocycles. The molecule has 0 fully saturated rings. The number of rotatable bonds is 6. The molecule has 16 heavy (non-hydrogen) atoms. The third kappa shape index (κ3) is 5.48. The average molecular weight is 223 g/mol. The number of hydrogen-bond donors (Lipinski definition) is 3. The van der Waals surface area contributed by atoms with Gasteiger partial charge in [-0.05, 0) is 31.4 Å². The Bertz CT molecular complexity index is 311. The first-order chi connectivity index (χ1) is 7.68. The molecule has 0 radical (unpaired) electrons. The number of nitrogens with one attached hydrogen (secondary N) is 1. The summed E-state index contributed by atoms with van der Waals surface area (Å²) in [5.74, 6) is -0.0429. The normalized spacial score (nSPS) is 10.4. The van der Waals surface area contributed by atoms with Gasteiger partial charge in [-0.2, -0.15) is 0 Å². The van der Waals surface area contributed by atoms with Gasteiger partial charge in [0.1, 0.15) is 0 Å². The van der Waals surface area contributed by atoms with Crippen LogP contribution in [0.3, 0.4) is 0 Å². The maximum atomic E-state index is 11.4. The van der Waals surface area contributed by atoms with E-state index < -0.39 is 6.29 Å². The van der Waals surface area contributed by atoms with Gasteiger partial charge in [0.2, 0.25) is 5.91 Å². The quantitative estimate of drug-likeness (QED) is 0.505. The highest BCUT2D eigenvalue weighted by Crippen LogP contribution is 2.07. The fourth-order valence-corrected chi connectivity index (χ4v) is 1.36. The molecule has 0 aromatic heterocycles. The van der Waals surface area contributed by atoms with Crippen LogP contribution in [-0.4, -0.2) is 22.4 Å². The van der Waals surface area contributed by atoms with Crippen LogP contribution in [0, 0.1) is 0 Å². The monoisotopic (exact) mass is 223 g/mol. The van der Waals surface area contributed by atoms with Gasteiger partial charge >= 0.3 is 0 Å². The largest absolute Gasteiger partial charge is 0.368 e. The molecule has 1 aromatic rings. The minimum Gasteiger partial charge on any atom is -0.368 e. The van der Waals surface area contributed by atoms with Crippen LogP contribution in [0.1, 0.15) is 25.7 Å². The van der Waals surface area contributed by atoms with Crippen LogP contribution < -0.4 is 5.32 Å². The zero-order valence-electron chi connectivity index (χ0n) is 9.10. The van der Waals surface area contributed by atoms with Gasteiger partial charge < -0.3 is 15.5 Å². The van der Waals surface area contributed by atoms with Crippen molar-refractivity contribution in [2.45, 2.75) is 32.0 Å². The highest BCUT2D eigenvalue weighted by Gasteiger charge is 2.03. The van der Waals surface area contributed by atoms with E-state index in [4.69, 9.17) is 10.2 Å². The van der Waals surface area contributed by atoms with E-state index >= 15 is 0 Å². The van der Waals surface area contributed by atoms with Crippen molar-refractivity contribution >= 4 is 11.6 Å². The van der Waals surface area contributed by atoms with Crippen LogP contribution in [0.2, 0.25) is 0 Å². The molecule has 4 nitrogen and oxygen atoms in total. The molecule has 88 valence electrons. The van der Waals surface area contributed by atoms with Crippen LogP contribution in [0.4, 0.5) is 5.69 Å². The van der Waals surface area contributed by atoms with Gasteiger partial charge in [0.05, 0.1) is 0 Å². The van der Waals surface area contributed by atoms with Crippen molar-refractivity contribution < 1.29 is 15.0 Å². The predicted molar refractivity (Wildman–Crippen MR) is 61.8 cm³/mol. The van der Waals surface area contributed by atoms with Crippen molar-refractivity contribution in [1.29, 1.82) is 0 Å². The van der Waals surface area contributed by atoms with E-state index in [2.05, 4.69) is 5.32 Å². The number of carbonyl (C=O) groups is 1. The highest BCUT2D eigenvalue weighted by molar-refractivity contribution is 5.90. The van der Waals surface area contributed by atoms with E-state index in [9.17, 15) is 4.79 Å². The van der Waals surface area contributed by atoms with Crippen molar-refractivity contribution in [3.8, 4) is 0 Å². The second kappa shape index (κ2) is 6.98. The van der Waals surface area contributed by atoms with Crippen molar-refractivity contribution in [1.82, 2.24) is 0 Å². The number of aliphatic hydroxyl groups excluding tert-OH is 1. The molecule has 1 amide bonds. The number of anilines is 1. The lowest BCUT2D eigenvalue weighted by atomic mass is 10.2. The van der Waals surface area contributed by atoms with Crippen LogP contribution in [0.25, 0.3) is 0 Å². The molecule has 0 spiro atoms. The van der Waals surface area contributed by atoms with Crippen molar-refractivity contribution in [2.75, 3.05) is 5.32 Å². The van der Waals surface area contributed by atoms with E-state index in [1.165, 1.54) is 0 Å². The summed E-state index contributed by atoms with van der Waals surface area (Å²) < 4.78 is 0. The lowest BCUT2D eigenvalue weighted by molar-refractivity contribution is -0.116. The number of amides is 1. The predicted octanol–water partition coefficient (Wildman–Crippen LogP) is 1.50. The summed E-state index contributed by atoms with van der Waals surface area (Å²) >= 11 is 0. The molecule has 0 saturated heterocycles. The van der Waals surface area contributed by atoms with Gasteiger partial charge in [-0.1, -0.05) is 18.2 Å². The molecule has 0 saturated carbocycles. The smallest absolute Gasteiger partial charge is 0.224 e. The lowest BCUT2D eigenvalue weighted by Gasteiger charge is -2.05. The average Bonchev–Trinajstić information content (AvgIpc) is 2.25. The van der Waals surface area contributed by atoms with Gasteiger partial charge in [0, 0.05) is 12.1 Å². The van der Waals surface area contributed by atoms with Gasteiger partial charge in [-0.3, -0.25) is 4.79 Å². The molecule has 0 atom stereocenters. The highest BCUT2D eigenvalue weighted by atomic mass is 16.5. The molecule has 0 bridgehead atoms. The lowest BCUT2D eigenvalue weighted by Crippen LogP contribution is -2.11. The minimum absolute atomic E-state index is 0.0429. The molecular formula is C12H17NO3. The summed E-state index contributed by atoms with van der Waals surface area (Å²) in [6.07, 6.45) is 0.758. The Labute approximate surface area is 94.9 Å². The SMILES string of the molecule is O=C(CCCCC(O)O)Nc1ccccc1. The van der Waals surface area contributed by atoms with E-state index in [-0.39, 0.29) is 5.91 Å². The van der Waals surface area contributed by atoms with Crippen LogP contribution in [0.5, 0.6) is 0 Å². The Morgan fingerprint density at radius 2 is 1.88 bits per heavy atom. The Morgan fingerprint density at radius 3 is 2.50 bits per heavy atom. The fourth-order valence-electron chi connectivity index (χ4n) is 1.36. The Kier molecular flexibility index (Phi) is 5.53. The Hall–Kier alpha value is -1.39. The first kappa shape index (κ1) is 12.7. The number of aliphatic hydroxyl groups is 2. The number of para-hydroxylation sites is 1. The van der Waals surface area contributed by atoms with Crippen molar-refractivity contribution in [3.63, 3.8) is 0 Å². The van der Waals surface area contributed by atoms with E-state index in [1.54, 1.807) is 0 Å². The summed E-state index contributed by atoms with van der Waals surface area (Å²) in [4.78, 5) is 11.4. The third-order valence-corrected chi connectivity index (χ3v) is 2.17. The van der Waals surface area contributed by atoms with Gasteiger partial charge in [-0.25, -0.2) is 0 Å². The molecule has 0 heterocycles. The standard InChI is InChI=1S/C12H17NO3/c14-11(8-4-5-9-12(15)16)13-10-6-2-1-3-7-10/h1-3,6-7,12,15-16H,4-5,8-9H2,(H,13,14). The van der Waals surface area contributed by atoms with Gasteiger partial charge in [-0.15, -0.1) is 0 Å². The van der Waals surface area contributed by atoms with Crippen LogP contribution in [0.15, 0.2) is 30.3 Å². The van der Waals surface area contributed by atoms with Crippen LogP contribution in [-0.2, 0) is 4.79 Å². The van der Waals surface area contributed by atoms with Gasteiger partial charge in [0.25, 0.3) is 0 Å². The summed E-state index contributed by atoms with van der Waals surface area (Å²) in [7, 11) is 0. The first-order valence-corrected chi connectivity index (χ1v) is 5.39.